The Bertz CT molecular complexity index is 570. The van der Waals surface area contributed by atoms with Crippen LogP contribution in [-0.4, -0.2) is 15.7 Å². The first-order valence-electron chi connectivity index (χ1n) is 6.64. The molecule has 2 rings (SSSR count). The van der Waals surface area contributed by atoms with Crippen LogP contribution in [0.2, 0.25) is 0 Å². The first-order valence-corrected chi connectivity index (χ1v) is 6.64. The van der Waals surface area contributed by atoms with Crippen LogP contribution in [0.15, 0.2) is 42.7 Å². The van der Waals surface area contributed by atoms with E-state index >= 15 is 0 Å². The smallest absolute Gasteiger partial charge is 0.222 e. The predicted octanol–water partition coefficient (Wildman–Crippen LogP) is 2.11. The van der Waals surface area contributed by atoms with Crippen LogP contribution in [-0.2, 0) is 11.8 Å². The molecule has 1 aromatic heterocycles. The van der Waals surface area contributed by atoms with Gasteiger partial charge in [0.25, 0.3) is 0 Å². The zero-order valence-electron chi connectivity index (χ0n) is 12.2. The Morgan fingerprint density at radius 3 is 2.57 bits per heavy atom. The van der Waals surface area contributed by atoms with E-state index in [0.717, 1.165) is 11.1 Å². The number of nitrogens with two attached hydrogens (primary N) is 1. The van der Waals surface area contributed by atoms with Crippen LogP contribution in [0.1, 0.15) is 36.6 Å². The summed E-state index contributed by atoms with van der Waals surface area (Å²) >= 11 is 0. The van der Waals surface area contributed by atoms with Crippen molar-refractivity contribution in [2.24, 2.45) is 12.8 Å². The number of benzene rings is 1. The molecule has 1 heterocycles. The van der Waals surface area contributed by atoms with E-state index in [1.807, 2.05) is 50.5 Å². The summed E-state index contributed by atoms with van der Waals surface area (Å²) < 4.78 is 1.72. The lowest BCUT2D eigenvalue weighted by Crippen LogP contribution is -2.29. The Morgan fingerprint density at radius 1 is 1.33 bits per heavy atom. The first-order chi connectivity index (χ1) is 9.56. The summed E-state index contributed by atoms with van der Waals surface area (Å²) in [6.07, 6.45) is 3.92. The predicted molar refractivity (Wildman–Crippen MR) is 85.0 cm³/mol. The van der Waals surface area contributed by atoms with Crippen molar-refractivity contribution in [3.05, 3.63) is 53.9 Å². The molecule has 0 aliphatic rings. The molecule has 1 aromatic carbocycles. The van der Waals surface area contributed by atoms with Gasteiger partial charge in [-0.05, 0) is 12.5 Å². The van der Waals surface area contributed by atoms with Gasteiger partial charge in [-0.1, -0.05) is 30.3 Å². The third kappa shape index (κ3) is 4.88. The van der Waals surface area contributed by atoms with Gasteiger partial charge in [0.15, 0.2) is 0 Å². The van der Waals surface area contributed by atoms with Crippen LogP contribution in [0, 0.1) is 0 Å². The second kappa shape index (κ2) is 7.81. The van der Waals surface area contributed by atoms with Crippen LogP contribution in [0.25, 0.3) is 0 Å². The van der Waals surface area contributed by atoms with Crippen LogP contribution in [0.4, 0.5) is 0 Å². The Balaban J connectivity index is 0.00000220. The molecule has 3 N–H and O–H groups in total. The lowest BCUT2D eigenvalue weighted by Gasteiger charge is -2.15. The lowest BCUT2D eigenvalue weighted by molar-refractivity contribution is -0.122. The minimum Gasteiger partial charge on any atom is -0.349 e. The standard InChI is InChI=1S/C15H20N4O.ClH/c1-11(13-9-17-19(2)10-13)18-15(20)8-14(16)12-6-4-3-5-7-12;/h3-7,9-11,14H,8,16H2,1-2H3,(H,18,20);1H. The molecule has 5 nitrogen and oxygen atoms in total. The molecule has 0 bridgehead atoms. The number of carbonyl (C=O) groups excluding carboxylic acids is 1. The molecule has 0 radical (unpaired) electrons. The zero-order valence-corrected chi connectivity index (χ0v) is 13.0. The third-order valence-electron chi connectivity index (χ3n) is 3.24. The topological polar surface area (TPSA) is 72.9 Å². The zero-order chi connectivity index (χ0) is 14.5. The number of carbonyl (C=O) groups is 1. The van der Waals surface area contributed by atoms with E-state index in [2.05, 4.69) is 10.4 Å². The number of hydrogen-bond acceptors (Lipinski definition) is 3. The number of halogens is 1. The Labute approximate surface area is 130 Å². The molecule has 0 spiro atoms. The quantitative estimate of drug-likeness (QED) is 0.888. The highest BCUT2D eigenvalue weighted by Crippen LogP contribution is 2.15. The molecule has 2 atom stereocenters. The molecule has 6 heteroatoms. The van der Waals surface area contributed by atoms with Gasteiger partial charge in [0.1, 0.15) is 0 Å². The molecule has 0 saturated heterocycles. The van der Waals surface area contributed by atoms with Crippen LogP contribution < -0.4 is 11.1 Å². The summed E-state index contributed by atoms with van der Waals surface area (Å²) in [6.45, 7) is 1.93. The van der Waals surface area contributed by atoms with Gasteiger partial charge in [-0.2, -0.15) is 5.10 Å². The summed E-state index contributed by atoms with van der Waals surface area (Å²) in [4.78, 5) is 12.0. The van der Waals surface area contributed by atoms with Crippen molar-refractivity contribution in [1.29, 1.82) is 0 Å². The Morgan fingerprint density at radius 2 is 2.00 bits per heavy atom. The first kappa shape index (κ1) is 17.2. The number of aryl methyl sites for hydroxylation is 1. The highest BCUT2D eigenvalue weighted by molar-refractivity contribution is 5.85. The van der Waals surface area contributed by atoms with E-state index in [9.17, 15) is 4.79 Å². The number of amides is 1. The molecule has 114 valence electrons. The van der Waals surface area contributed by atoms with Gasteiger partial charge in [0.2, 0.25) is 5.91 Å². The fourth-order valence-electron chi connectivity index (χ4n) is 2.07. The van der Waals surface area contributed by atoms with Crippen molar-refractivity contribution in [1.82, 2.24) is 15.1 Å². The average Bonchev–Trinajstić information content (AvgIpc) is 2.86. The minimum absolute atomic E-state index is 0. The summed E-state index contributed by atoms with van der Waals surface area (Å²) in [7, 11) is 1.85. The van der Waals surface area contributed by atoms with Gasteiger partial charge in [0, 0.05) is 31.3 Å². The Kier molecular flexibility index (Phi) is 6.39. The molecule has 0 aliphatic heterocycles. The molecular weight excluding hydrogens is 288 g/mol. The van der Waals surface area contributed by atoms with Crippen molar-refractivity contribution >= 4 is 18.3 Å². The molecule has 2 aromatic rings. The molecule has 0 saturated carbocycles. The molecule has 21 heavy (non-hydrogen) atoms. The number of nitrogens with one attached hydrogen (secondary N) is 1. The van der Waals surface area contributed by atoms with E-state index in [-0.39, 0.29) is 36.8 Å². The molecule has 0 aliphatic carbocycles. The van der Waals surface area contributed by atoms with Crippen LogP contribution in [0.3, 0.4) is 0 Å². The van der Waals surface area contributed by atoms with Crippen molar-refractivity contribution in [3.63, 3.8) is 0 Å². The largest absolute Gasteiger partial charge is 0.349 e. The van der Waals surface area contributed by atoms with E-state index in [4.69, 9.17) is 5.73 Å². The summed E-state index contributed by atoms with van der Waals surface area (Å²) in [5.41, 5.74) is 7.99. The van der Waals surface area contributed by atoms with Crippen molar-refractivity contribution in [3.8, 4) is 0 Å². The average molecular weight is 309 g/mol. The number of hydrogen-bond donors (Lipinski definition) is 2. The van der Waals surface area contributed by atoms with E-state index < -0.39 is 0 Å². The van der Waals surface area contributed by atoms with Gasteiger partial charge in [-0.15, -0.1) is 12.4 Å². The summed E-state index contributed by atoms with van der Waals surface area (Å²) in [5.74, 6) is -0.0577. The van der Waals surface area contributed by atoms with Crippen molar-refractivity contribution < 1.29 is 4.79 Å². The van der Waals surface area contributed by atoms with Gasteiger partial charge in [-0.3, -0.25) is 9.48 Å². The van der Waals surface area contributed by atoms with Gasteiger partial charge < -0.3 is 11.1 Å². The lowest BCUT2D eigenvalue weighted by atomic mass is 10.0. The second-order valence-corrected chi connectivity index (χ2v) is 4.96. The maximum atomic E-state index is 12.0. The second-order valence-electron chi connectivity index (χ2n) is 4.96. The molecule has 1 amide bonds. The van der Waals surface area contributed by atoms with Gasteiger partial charge in [-0.25, -0.2) is 0 Å². The van der Waals surface area contributed by atoms with E-state index in [0.29, 0.717) is 0 Å². The van der Waals surface area contributed by atoms with Crippen LogP contribution >= 0.6 is 12.4 Å². The Hall–Kier alpha value is -1.85. The molecule has 0 fully saturated rings. The fourth-order valence-corrected chi connectivity index (χ4v) is 2.07. The monoisotopic (exact) mass is 308 g/mol. The van der Waals surface area contributed by atoms with Crippen LogP contribution in [0.5, 0.6) is 0 Å². The summed E-state index contributed by atoms with van der Waals surface area (Å²) in [5, 5.41) is 7.03. The normalized spacial score (nSPS) is 13.1. The van der Waals surface area contributed by atoms with Crippen molar-refractivity contribution in [2.45, 2.75) is 25.4 Å². The number of nitrogens with zero attached hydrogens (tertiary/aromatic N) is 2. The SMILES string of the molecule is CC(NC(=O)CC(N)c1ccccc1)c1cnn(C)c1.Cl. The number of rotatable bonds is 5. The van der Waals surface area contributed by atoms with Gasteiger partial charge >= 0.3 is 0 Å². The van der Waals surface area contributed by atoms with E-state index in [1.54, 1.807) is 10.9 Å². The molecular formula is C15H21ClN4O. The molecule has 2 unspecified atom stereocenters. The maximum absolute atomic E-state index is 12.0. The fraction of sp³-hybridized carbons (Fsp3) is 0.333. The van der Waals surface area contributed by atoms with Crippen molar-refractivity contribution in [2.75, 3.05) is 0 Å². The number of aromatic nitrogens is 2. The highest BCUT2D eigenvalue weighted by atomic mass is 35.5. The van der Waals surface area contributed by atoms with Gasteiger partial charge in [0.05, 0.1) is 12.2 Å². The van der Waals surface area contributed by atoms with E-state index in [1.165, 1.54) is 0 Å². The third-order valence-corrected chi connectivity index (χ3v) is 3.24. The maximum Gasteiger partial charge on any atom is 0.222 e. The highest BCUT2D eigenvalue weighted by Gasteiger charge is 2.15. The minimum atomic E-state index is -0.280. The summed E-state index contributed by atoms with van der Waals surface area (Å²) in [6, 6.07) is 9.29.